The average molecular weight is 315 g/mol. The lowest BCUT2D eigenvalue weighted by atomic mass is 9.92. The fourth-order valence-corrected chi connectivity index (χ4v) is 3.00. The summed E-state index contributed by atoms with van der Waals surface area (Å²) in [5.74, 6) is 0. The first-order valence-corrected chi connectivity index (χ1v) is 9.53. The van der Waals surface area contributed by atoms with E-state index < -0.39 is 0 Å². The first-order chi connectivity index (χ1) is 10.7. The van der Waals surface area contributed by atoms with Gasteiger partial charge in [-0.1, -0.05) is 51.9 Å². The van der Waals surface area contributed by atoms with Crippen molar-refractivity contribution in [3.8, 4) is 0 Å². The molecular weight excluding hydrogens is 276 g/mol. The molecule has 0 aliphatic carbocycles. The van der Waals surface area contributed by atoms with Crippen LogP contribution in [-0.4, -0.2) is 38.1 Å². The molecular formula is C19H38O3. The summed E-state index contributed by atoms with van der Waals surface area (Å²) < 4.78 is 16.8. The molecule has 1 fully saturated rings. The van der Waals surface area contributed by atoms with Crippen LogP contribution in [0.3, 0.4) is 0 Å². The maximum atomic E-state index is 6.03. The quantitative estimate of drug-likeness (QED) is 0.293. The van der Waals surface area contributed by atoms with E-state index in [4.69, 9.17) is 14.2 Å². The number of epoxide rings is 1. The Hall–Kier alpha value is -0.120. The molecule has 1 aliphatic rings. The van der Waals surface area contributed by atoms with E-state index in [0.29, 0.717) is 6.10 Å². The Bertz CT molecular complexity index is 253. The van der Waals surface area contributed by atoms with E-state index in [0.717, 1.165) is 39.3 Å². The van der Waals surface area contributed by atoms with Gasteiger partial charge in [0.25, 0.3) is 0 Å². The Labute approximate surface area is 138 Å². The van der Waals surface area contributed by atoms with Gasteiger partial charge in [0, 0.05) is 13.2 Å². The van der Waals surface area contributed by atoms with E-state index in [1.54, 1.807) is 0 Å². The number of unbranched alkanes of at least 4 members (excludes halogenated alkanes) is 6. The largest absolute Gasteiger partial charge is 0.379 e. The molecule has 3 heteroatoms. The molecule has 0 aromatic carbocycles. The highest BCUT2D eigenvalue weighted by atomic mass is 16.6. The molecule has 0 aromatic heterocycles. The minimum atomic E-state index is 0.0393. The third-order valence-corrected chi connectivity index (χ3v) is 4.50. The Morgan fingerprint density at radius 1 is 0.955 bits per heavy atom. The van der Waals surface area contributed by atoms with Crippen molar-refractivity contribution < 1.29 is 14.2 Å². The lowest BCUT2D eigenvalue weighted by molar-refractivity contribution is -0.0444. The molecule has 1 heterocycles. The topological polar surface area (TPSA) is 31.0 Å². The van der Waals surface area contributed by atoms with Gasteiger partial charge in [-0.15, -0.1) is 0 Å². The fourth-order valence-electron chi connectivity index (χ4n) is 3.00. The predicted molar refractivity (Wildman–Crippen MR) is 92.4 cm³/mol. The molecule has 0 aromatic rings. The smallest absolute Gasteiger partial charge is 0.104 e. The van der Waals surface area contributed by atoms with Gasteiger partial charge in [-0.25, -0.2) is 0 Å². The molecule has 0 spiro atoms. The maximum Gasteiger partial charge on any atom is 0.104 e. The number of ether oxygens (including phenoxy) is 3. The summed E-state index contributed by atoms with van der Waals surface area (Å²) in [6.07, 6.45) is 13.3. The monoisotopic (exact) mass is 314 g/mol. The Morgan fingerprint density at radius 3 is 2.23 bits per heavy atom. The van der Waals surface area contributed by atoms with Gasteiger partial charge >= 0.3 is 0 Å². The molecule has 1 rings (SSSR count). The summed E-state index contributed by atoms with van der Waals surface area (Å²) in [4.78, 5) is 0. The van der Waals surface area contributed by atoms with E-state index in [1.165, 1.54) is 51.4 Å². The van der Waals surface area contributed by atoms with Crippen LogP contribution in [0.25, 0.3) is 0 Å². The predicted octanol–water partition coefficient (Wildman–Crippen LogP) is 5.12. The van der Waals surface area contributed by atoms with Crippen LogP contribution in [0.5, 0.6) is 0 Å². The second-order valence-electron chi connectivity index (χ2n) is 6.89. The summed E-state index contributed by atoms with van der Waals surface area (Å²) in [5, 5.41) is 0. The van der Waals surface area contributed by atoms with Gasteiger partial charge in [0.1, 0.15) is 6.10 Å². The molecule has 0 saturated carbocycles. The Balaban J connectivity index is 2.03. The summed E-state index contributed by atoms with van der Waals surface area (Å²) in [6, 6.07) is 0. The summed E-state index contributed by atoms with van der Waals surface area (Å²) in [6.45, 7) is 9.94. The van der Waals surface area contributed by atoms with Crippen LogP contribution >= 0.6 is 0 Å². The van der Waals surface area contributed by atoms with Crippen LogP contribution in [0, 0.1) is 0 Å². The molecule has 22 heavy (non-hydrogen) atoms. The van der Waals surface area contributed by atoms with E-state index in [9.17, 15) is 0 Å². The van der Waals surface area contributed by atoms with Gasteiger partial charge in [-0.2, -0.15) is 0 Å². The SMILES string of the molecule is CCCCCCCCC[C@](C)(CCCOCC1CO1)OCC. The molecule has 1 unspecified atom stereocenters. The van der Waals surface area contributed by atoms with Crippen LogP contribution in [0.4, 0.5) is 0 Å². The minimum absolute atomic E-state index is 0.0393. The zero-order chi connectivity index (χ0) is 16.1. The highest BCUT2D eigenvalue weighted by Crippen LogP contribution is 2.25. The normalized spacial score (nSPS) is 20.0. The average Bonchev–Trinajstić information content (AvgIpc) is 3.30. The highest BCUT2D eigenvalue weighted by molar-refractivity contribution is 4.75. The fraction of sp³-hybridized carbons (Fsp3) is 1.00. The molecule has 2 atom stereocenters. The third-order valence-electron chi connectivity index (χ3n) is 4.50. The second kappa shape index (κ2) is 12.3. The van der Waals surface area contributed by atoms with Gasteiger partial charge < -0.3 is 14.2 Å². The molecule has 0 radical (unpaired) electrons. The molecule has 1 aliphatic heterocycles. The number of hydrogen-bond donors (Lipinski definition) is 0. The van der Waals surface area contributed by atoms with E-state index in [2.05, 4.69) is 20.8 Å². The van der Waals surface area contributed by atoms with Crippen molar-refractivity contribution >= 4 is 0 Å². The molecule has 1 saturated heterocycles. The van der Waals surface area contributed by atoms with Crippen molar-refractivity contribution in [2.24, 2.45) is 0 Å². The van der Waals surface area contributed by atoms with Gasteiger partial charge in [0.2, 0.25) is 0 Å². The van der Waals surface area contributed by atoms with E-state index in [1.807, 2.05) is 0 Å². The van der Waals surface area contributed by atoms with Crippen LogP contribution < -0.4 is 0 Å². The van der Waals surface area contributed by atoms with Crippen molar-refractivity contribution in [1.29, 1.82) is 0 Å². The van der Waals surface area contributed by atoms with Gasteiger partial charge in [0.05, 0.1) is 18.8 Å². The van der Waals surface area contributed by atoms with Gasteiger partial charge in [-0.05, 0) is 33.1 Å². The summed E-state index contributed by atoms with van der Waals surface area (Å²) >= 11 is 0. The minimum Gasteiger partial charge on any atom is -0.379 e. The molecule has 0 N–H and O–H groups in total. The zero-order valence-corrected chi connectivity index (χ0v) is 15.2. The second-order valence-corrected chi connectivity index (χ2v) is 6.89. The van der Waals surface area contributed by atoms with Gasteiger partial charge in [0.15, 0.2) is 0 Å². The van der Waals surface area contributed by atoms with Crippen LogP contribution in [0.1, 0.15) is 85.0 Å². The van der Waals surface area contributed by atoms with Crippen molar-refractivity contribution in [1.82, 2.24) is 0 Å². The van der Waals surface area contributed by atoms with Crippen LogP contribution in [0.2, 0.25) is 0 Å². The summed E-state index contributed by atoms with van der Waals surface area (Å²) in [7, 11) is 0. The van der Waals surface area contributed by atoms with Crippen molar-refractivity contribution in [3.63, 3.8) is 0 Å². The molecule has 132 valence electrons. The standard InChI is InChI=1S/C19H38O3/c1-4-6-7-8-9-10-11-13-19(3,22-5-2)14-12-15-20-16-18-17-21-18/h18H,4-17H2,1-3H3/t18?,19-/m1/s1. The van der Waals surface area contributed by atoms with Crippen LogP contribution in [0.15, 0.2) is 0 Å². The Morgan fingerprint density at radius 2 is 1.59 bits per heavy atom. The zero-order valence-electron chi connectivity index (χ0n) is 15.2. The van der Waals surface area contributed by atoms with Crippen molar-refractivity contribution in [2.75, 3.05) is 26.4 Å². The first-order valence-electron chi connectivity index (χ1n) is 9.53. The van der Waals surface area contributed by atoms with Crippen LogP contribution in [-0.2, 0) is 14.2 Å². The third kappa shape index (κ3) is 10.6. The Kier molecular flexibility index (Phi) is 11.2. The number of hydrogen-bond acceptors (Lipinski definition) is 3. The lowest BCUT2D eigenvalue weighted by Crippen LogP contribution is -2.29. The first kappa shape index (κ1) is 19.9. The van der Waals surface area contributed by atoms with E-state index in [-0.39, 0.29) is 5.60 Å². The van der Waals surface area contributed by atoms with Crippen molar-refractivity contribution in [2.45, 2.75) is 96.7 Å². The maximum absolute atomic E-state index is 6.03. The number of rotatable bonds is 16. The molecule has 0 bridgehead atoms. The van der Waals surface area contributed by atoms with Crippen molar-refractivity contribution in [3.05, 3.63) is 0 Å². The summed E-state index contributed by atoms with van der Waals surface area (Å²) in [5.41, 5.74) is 0.0393. The molecule has 0 amide bonds. The highest BCUT2D eigenvalue weighted by Gasteiger charge is 2.24. The molecule has 3 nitrogen and oxygen atoms in total. The van der Waals surface area contributed by atoms with E-state index >= 15 is 0 Å². The lowest BCUT2D eigenvalue weighted by Gasteiger charge is -2.30. The van der Waals surface area contributed by atoms with Gasteiger partial charge in [-0.3, -0.25) is 0 Å².